The molecule has 1 saturated heterocycles. The Balaban J connectivity index is 2.28. The molecule has 0 spiro atoms. The Labute approximate surface area is 133 Å². The number of carbonyl (C=O) groups is 3. The zero-order valence-electron chi connectivity index (χ0n) is 12.1. The molecule has 2 amide bonds. The monoisotopic (exact) mass is 335 g/mol. The molecule has 0 aromatic rings. The van der Waals surface area contributed by atoms with Crippen LogP contribution in [0.5, 0.6) is 0 Å². The number of amides is 2. The molecule has 0 aromatic heterocycles. The van der Waals surface area contributed by atoms with Gasteiger partial charge in [0.05, 0.1) is 25.4 Å². The molecule has 1 aliphatic rings. The molecule has 21 heavy (non-hydrogen) atoms. The van der Waals surface area contributed by atoms with Crippen LogP contribution in [0.4, 0.5) is 0 Å². The van der Waals surface area contributed by atoms with E-state index in [4.69, 9.17) is 5.11 Å². The fourth-order valence-corrected chi connectivity index (χ4v) is 3.66. The molecule has 0 saturated carbocycles. The molecule has 1 fully saturated rings. The summed E-state index contributed by atoms with van der Waals surface area (Å²) in [6.07, 6.45) is 1.20. The van der Waals surface area contributed by atoms with Crippen LogP contribution in [0.3, 0.4) is 0 Å². The van der Waals surface area contributed by atoms with E-state index < -0.39 is 0 Å². The number of imide groups is 1. The highest BCUT2D eigenvalue weighted by Crippen LogP contribution is 2.26. The van der Waals surface area contributed by atoms with Crippen LogP contribution in [-0.4, -0.2) is 70.6 Å². The molecule has 1 heterocycles. The van der Waals surface area contributed by atoms with Crippen molar-refractivity contribution < 1.29 is 24.2 Å². The molecular formula is C13H21NO5S2. The van der Waals surface area contributed by atoms with E-state index in [2.05, 4.69) is 4.74 Å². The fourth-order valence-electron chi connectivity index (χ4n) is 1.90. The lowest BCUT2D eigenvalue weighted by atomic mass is 10.4. The standard InChI is InChI=1S/C13H21NO5S2/c1-19-12(17)3-7-21-10-9-11(16)14(13(10)18)4-2-6-20-8-5-15/h10,15H,2-9H2,1H3. The van der Waals surface area contributed by atoms with E-state index in [0.717, 1.165) is 12.2 Å². The largest absolute Gasteiger partial charge is 0.469 e. The van der Waals surface area contributed by atoms with Crippen molar-refractivity contribution in [1.29, 1.82) is 0 Å². The van der Waals surface area contributed by atoms with Crippen molar-refractivity contribution in [2.45, 2.75) is 24.5 Å². The average Bonchev–Trinajstić information content (AvgIpc) is 2.74. The summed E-state index contributed by atoms with van der Waals surface area (Å²) in [6.45, 7) is 0.579. The number of ether oxygens (including phenoxy) is 1. The highest BCUT2D eigenvalue weighted by atomic mass is 32.2. The van der Waals surface area contributed by atoms with E-state index in [0.29, 0.717) is 18.1 Å². The molecule has 1 N–H and O–H groups in total. The number of carbonyl (C=O) groups excluding carboxylic acids is 3. The molecule has 1 atom stereocenters. The normalized spacial score (nSPS) is 18.4. The third-order valence-electron chi connectivity index (χ3n) is 2.96. The molecule has 1 rings (SSSR count). The topological polar surface area (TPSA) is 83.9 Å². The van der Waals surface area contributed by atoms with Crippen molar-refractivity contribution in [3.63, 3.8) is 0 Å². The van der Waals surface area contributed by atoms with Gasteiger partial charge in [-0.25, -0.2) is 0 Å². The summed E-state index contributed by atoms with van der Waals surface area (Å²) in [5.41, 5.74) is 0. The molecule has 1 unspecified atom stereocenters. The fraction of sp³-hybridized carbons (Fsp3) is 0.769. The second-order valence-electron chi connectivity index (χ2n) is 4.46. The first-order valence-electron chi connectivity index (χ1n) is 6.81. The van der Waals surface area contributed by atoms with Crippen molar-refractivity contribution in [1.82, 2.24) is 4.90 Å². The van der Waals surface area contributed by atoms with E-state index >= 15 is 0 Å². The predicted octanol–water partition coefficient (Wildman–Crippen LogP) is 0.526. The minimum Gasteiger partial charge on any atom is -0.469 e. The molecule has 0 radical (unpaired) electrons. The number of rotatable bonds is 10. The highest BCUT2D eigenvalue weighted by Gasteiger charge is 2.38. The highest BCUT2D eigenvalue weighted by molar-refractivity contribution is 8.00. The molecule has 0 bridgehead atoms. The van der Waals surface area contributed by atoms with E-state index in [1.54, 1.807) is 11.8 Å². The predicted molar refractivity (Wildman–Crippen MR) is 83.2 cm³/mol. The van der Waals surface area contributed by atoms with Gasteiger partial charge in [0.25, 0.3) is 0 Å². The Morgan fingerprint density at radius 3 is 2.81 bits per heavy atom. The third-order valence-corrected chi connectivity index (χ3v) is 5.22. The summed E-state index contributed by atoms with van der Waals surface area (Å²) < 4.78 is 4.53. The number of methoxy groups -OCH3 is 1. The third kappa shape index (κ3) is 6.27. The van der Waals surface area contributed by atoms with Gasteiger partial charge in [0.2, 0.25) is 11.8 Å². The molecular weight excluding hydrogens is 314 g/mol. The Morgan fingerprint density at radius 1 is 1.38 bits per heavy atom. The zero-order valence-corrected chi connectivity index (χ0v) is 13.7. The molecule has 0 aliphatic carbocycles. The maximum absolute atomic E-state index is 12.1. The molecule has 0 aromatic carbocycles. The van der Waals surface area contributed by atoms with Gasteiger partial charge in [-0.2, -0.15) is 11.8 Å². The first-order chi connectivity index (χ1) is 10.1. The molecule has 120 valence electrons. The summed E-state index contributed by atoms with van der Waals surface area (Å²) in [5, 5.41) is 8.29. The van der Waals surface area contributed by atoms with Gasteiger partial charge in [0.15, 0.2) is 0 Å². The van der Waals surface area contributed by atoms with Crippen LogP contribution >= 0.6 is 23.5 Å². The smallest absolute Gasteiger partial charge is 0.306 e. The van der Waals surface area contributed by atoms with Gasteiger partial charge < -0.3 is 9.84 Å². The maximum atomic E-state index is 12.1. The second-order valence-corrected chi connectivity index (χ2v) is 7.00. The number of hydrogen-bond acceptors (Lipinski definition) is 7. The zero-order chi connectivity index (χ0) is 15.7. The number of aliphatic hydroxyl groups is 1. The van der Waals surface area contributed by atoms with Crippen LogP contribution in [0.2, 0.25) is 0 Å². The van der Waals surface area contributed by atoms with Gasteiger partial charge in [0, 0.05) is 24.5 Å². The molecule has 6 nitrogen and oxygen atoms in total. The van der Waals surface area contributed by atoms with Gasteiger partial charge in [0.1, 0.15) is 0 Å². The summed E-state index contributed by atoms with van der Waals surface area (Å²) >= 11 is 2.94. The second kappa shape index (κ2) is 10.1. The van der Waals surface area contributed by atoms with Crippen molar-refractivity contribution >= 4 is 41.3 Å². The summed E-state index contributed by atoms with van der Waals surface area (Å²) in [7, 11) is 1.33. The Morgan fingerprint density at radius 2 is 2.14 bits per heavy atom. The van der Waals surface area contributed by atoms with Crippen LogP contribution in [0.25, 0.3) is 0 Å². The van der Waals surface area contributed by atoms with Crippen molar-refractivity contribution in [2.24, 2.45) is 0 Å². The molecule has 1 aliphatic heterocycles. The van der Waals surface area contributed by atoms with Crippen LogP contribution in [-0.2, 0) is 19.1 Å². The quantitative estimate of drug-likeness (QED) is 0.354. The van der Waals surface area contributed by atoms with Crippen LogP contribution in [0.15, 0.2) is 0 Å². The van der Waals surface area contributed by atoms with Crippen LogP contribution in [0.1, 0.15) is 19.3 Å². The minimum atomic E-state index is -0.368. The van der Waals surface area contributed by atoms with Gasteiger partial charge in [-0.3, -0.25) is 19.3 Å². The lowest BCUT2D eigenvalue weighted by Gasteiger charge is -2.14. The van der Waals surface area contributed by atoms with E-state index in [-0.39, 0.29) is 42.5 Å². The van der Waals surface area contributed by atoms with Gasteiger partial charge in [-0.15, -0.1) is 11.8 Å². The summed E-state index contributed by atoms with van der Waals surface area (Å²) in [5.74, 6) is 1.38. The summed E-state index contributed by atoms with van der Waals surface area (Å²) in [6, 6.07) is 0. The Hall–Kier alpha value is -0.730. The van der Waals surface area contributed by atoms with Crippen LogP contribution in [0, 0.1) is 0 Å². The SMILES string of the molecule is COC(=O)CCSC1CC(=O)N(CCCSCCO)C1=O. The number of esters is 1. The van der Waals surface area contributed by atoms with Gasteiger partial charge in [-0.1, -0.05) is 0 Å². The lowest BCUT2D eigenvalue weighted by molar-refractivity contribution is -0.140. The first-order valence-corrected chi connectivity index (χ1v) is 9.01. The minimum absolute atomic E-state index is 0.136. The number of nitrogens with zero attached hydrogens (tertiary/aromatic N) is 1. The number of thioether (sulfide) groups is 2. The maximum Gasteiger partial charge on any atom is 0.306 e. The van der Waals surface area contributed by atoms with Crippen molar-refractivity contribution in [2.75, 3.05) is 37.5 Å². The van der Waals surface area contributed by atoms with E-state index in [9.17, 15) is 14.4 Å². The average molecular weight is 335 g/mol. The number of likely N-dealkylation sites (tertiary alicyclic amines) is 1. The van der Waals surface area contributed by atoms with Crippen molar-refractivity contribution in [3.05, 3.63) is 0 Å². The Kier molecular flexibility index (Phi) is 8.79. The lowest BCUT2D eigenvalue weighted by Crippen LogP contribution is -2.32. The summed E-state index contributed by atoms with van der Waals surface area (Å²) in [4.78, 5) is 36.2. The van der Waals surface area contributed by atoms with Crippen LogP contribution < -0.4 is 0 Å². The van der Waals surface area contributed by atoms with Crippen molar-refractivity contribution in [3.8, 4) is 0 Å². The Bertz CT molecular complexity index is 378. The number of aliphatic hydroxyl groups excluding tert-OH is 1. The molecule has 8 heteroatoms. The van der Waals surface area contributed by atoms with Gasteiger partial charge >= 0.3 is 5.97 Å². The number of hydrogen-bond donors (Lipinski definition) is 1. The van der Waals surface area contributed by atoms with E-state index in [1.807, 2.05) is 0 Å². The first kappa shape index (κ1) is 18.3. The van der Waals surface area contributed by atoms with Gasteiger partial charge in [-0.05, 0) is 12.2 Å². The van der Waals surface area contributed by atoms with E-state index in [1.165, 1.54) is 23.8 Å².